The summed E-state index contributed by atoms with van der Waals surface area (Å²) >= 11 is 5.97. The van der Waals surface area contributed by atoms with Crippen LogP contribution >= 0.6 is 11.6 Å². The molecule has 0 unspecified atom stereocenters. The Labute approximate surface area is 152 Å². The van der Waals surface area contributed by atoms with E-state index >= 15 is 0 Å². The minimum absolute atomic E-state index is 0.0239. The van der Waals surface area contributed by atoms with E-state index in [4.69, 9.17) is 11.6 Å². The Balaban J connectivity index is 1.44. The molecule has 2 aromatic rings. The largest absolute Gasteiger partial charge is 0.367 e. The first-order chi connectivity index (χ1) is 12.1. The molecule has 7 heteroatoms. The first-order valence-corrected chi connectivity index (χ1v) is 8.81. The normalized spacial score (nSPS) is 15.8. The van der Waals surface area contributed by atoms with Gasteiger partial charge < -0.3 is 10.6 Å². The van der Waals surface area contributed by atoms with Crippen molar-refractivity contribution in [3.05, 3.63) is 47.4 Å². The third-order valence-electron chi connectivity index (χ3n) is 4.17. The summed E-state index contributed by atoms with van der Waals surface area (Å²) in [6, 6.07) is 11.6. The molecule has 2 N–H and O–H groups in total. The molecule has 3 rings (SSSR count). The second kappa shape index (κ2) is 8.27. The standard InChI is InChI=1S/C18H22ClN5O/c1-13-20-16(19)11-17(21-13)22-15-7-9-24(10-8-15)12-18(25)23-14-5-3-2-4-6-14/h2-6,11,15H,7-10,12H2,1H3,(H,23,25)(H,20,21,22). The van der Waals surface area contributed by atoms with E-state index < -0.39 is 0 Å². The maximum absolute atomic E-state index is 12.1. The number of para-hydroxylation sites is 1. The van der Waals surface area contributed by atoms with Crippen molar-refractivity contribution < 1.29 is 4.79 Å². The van der Waals surface area contributed by atoms with Crippen molar-refractivity contribution >= 4 is 29.0 Å². The second-order valence-corrected chi connectivity index (χ2v) is 6.62. The van der Waals surface area contributed by atoms with Crippen molar-refractivity contribution in [2.24, 2.45) is 0 Å². The summed E-state index contributed by atoms with van der Waals surface area (Å²) in [5.74, 6) is 1.44. The van der Waals surface area contributed by atoms with Crippen LogP contribution < -0.4 is 10.6 Å². The van der Waals surface area contributed by atoms with Crippen molar-refractivity contribution in [3.8, 4) is 0 Å². The van der Waals surface area contributed by atoms with Gasteiger partial charge in [-0.2, -0.15) is 0 Å². The lowest BCUT2D eigenvalue weighted by Crippen LogP contribution is -2.42. The molecule has 1 aromatic carbocycles. The number of hydrogen-bond donors (Lipinski definition) is 2. The third-order valence-corrected chi connectivity index (χ3v) is 4.36. The van der Waals surface area contributed by atoms with Gasteiger partial charge in [-0.3, -0.25) is 9.69 Å². The van der Waals surface area contributed by atoms with E-state index in [1.165, 1.54) is 0 Å². The lowest BCUT2D eigenvalue weighted by Gasteiger charge is -2.32. The number of halogens is 1. The van der Waals surface area contributed by atoms with Gasteiger partial charge in [-0.1, -0.05) is 29.8 Å². The van der Waals surface area contributed by atoms with E-state index in [0.29, 0.717) is 23.6 Å². The number of anilines is 2. The molecule has 1 fully saturated rings. The molecular formula is C18H22ClN5O. The first kappa shape index (κ1) is 17.6. The SMILES string of the molecule is Cc1nc(Cl)cc(NC2CCN(CC(=O)Nc3ccccc3)CC2)n1. The van der Waals surface area contributed by atoms with Gasteiger partial charge in [0.25, 0.3) is 0 Å². The molecule has 1 aromatic heterocycles. The van der Waals surface area contributed by atoms with E-state index in [9.17, 15) is 4.79 Å². The molecule has 1 aliphatic rings. The molecular weight excluding hydrogens is 338 g/mol. The molecule has 6 nitrogen and oxygen atoms in total. The molecule has 1 amide bonds. The zero-order valence-corrected chi connectivity index (χ0v) is 15.0. The van der Waals surface area contributed by atoms with Crippen molar-refractivity contribution in [2.75, 3.05) is 30.3 Å². The smallest absolute Gasteiger partial charge is 0.238 e. The topological polar surface area (TPSA) is 70.2 Å². The van der Waals surface area contributed by atoms with Crippen molar-refractivity contribution in [1.29, 1.82) is 0 Å². The Morgan fingerprint density at radius 2 is 1.96 bits per heavy atom. The van der Waals surface area contributed by atoms with Crippen LogP contribution in [-0.4, -0.2) is 46.5 Å². The molecule has 0 atom stereocenters. The van der Waals surface area contributed by atoms with Crippen LogP contribution in [0.1, 0.15) is 18.7 Å². The predicted octanol–water partition coefficient (Wildman–Crippen LogP) is 2.95. The molecule has 0 aliphatic carbocycles. The summed E-state index contributed by atoms with van der Waals surface area (Å²) in [6.07, 6.45) is 1.92. The number of likely N-dealkylation sites (tertiary alicyclic amines) is 1. The van der Waals surface area contributed by atoms with Gasteiger partial charge in [0, 0.05) is 30.9 Å². The highest BCUT2D eigenvalue weighted by atomic mass is 35.5. The van der Waals surface area contributed by atoms with Gasteiger partial charge in [-0.05, 0) is 31.9 Å². The number of rotatable bonds is 5. The van der Waals surface area contributed by atoms with E-state index in [0.717, 1.165) is 37.4 Å². The zero-order chi connectivity index (χ0) is 17.6. The Morgan fingerprint density at radius 1 is 1.24 bits per heavy atom. The van der Waals surface area contributed by atoms with Crippen LogP contribution in [0.4, 0.5) is 11.5 Å². The summed E-state index contributed by atoms with van der Waals surface area (Å²) in [7, 11) is 0. The van der Waals surface area contributed by atoms with Crippen LogP contribution in [0, 0.1) is 6.92 Å². The maximum atomic E-state index is 12.1. The molecule has 2 heterocycles. The fraction of sp³-hybridized carbons (Fsp3) is 0.389. The first-order valence-electron chi connectivity index (χ1n) is 8.43. The Hall–Kier alpha value is -2.18. The van der Waals surface area contributed by atoms with Gasteiger partial charge in [0.1, 0.15) is 16.8 Å². The molecule has 25 heavy (non-hydrogen) atoms. The number of aromatic nitrogens is 2. The molecule has 0 bridgehead atoms. The maximum Gasteiger partial charge on any atom is 0.238 e. The average Bonchev–Trinajstić information content (AvgIpc) is 2.56. The minimum atomic E-state index is 0.0239. The summed E-state index contributed by atoms with van der Waals surface area (Å²) in [4.78, 5) is 22.7. The quantitative estimate of drug-likeness (QED) is 0.803. The number of nitrogens with one attached hydrogen (secondary N) is 2. The Morgan fingerprint density at radius 3 is 2.64 bits per heavy atom. The lowest BCUT2D eigenvalue weighted by atomic mass is 10.1. The molecule has 0 saturated carbocycles. The molecule has 132 valence electrons. The van der Waals surface area contributed by atoms with Crippen molar-refractivity contribution in [2.45, 2.75) is 25.8 Å². The van der Waals surface area contributed by atoms with Gasteiger partial charge in [0.15, 0.2) is 0 Å². The highest BCUT2D eigenvalue weighted by molar-refractivity contribution is 6.29. The van der Waals surface area contributed by atoms with Gasteiger partial charge in [-0.25, -0.2) is 9.97 Å². The molecule has 0 radical (unpaired) electrons. The fourth-order valence-electron chi connectivity index (χ4n) is 2.97. The minimum Gasteiger partial charge on any atom is -0.367 e. The van der Waals surface area contributed by atoms with Gasteiger partial charge in [0.2, 0.25) is 5.91 Å². The highest BCUT2D eigenvalue weighted by Gasteiger charge is 2.21. The highest BCUT2D eigenvalue weighted by Crippen LogP contribution is 2.17. The van der Waals surface area contributed by atoms with Gasteiger partial charge in [-0.15, -0.1) is 0 Å². The average molecular weight is 360 g/mol. The number of aryl methyl sites for hydroxylation is 1. The number of piperidine rings is 1. The third kappa shape index (κ3) is 5.41. The predicted molar refractivity (Wildman–Crippen MR) is 99.9 cm³/mol. The summed E-state index contributed by atoms with van der Waals surface area (Å²) in [6.45, 7) is 3.99. The number of hydrogen-bond acceptors (Lipinski definition) is 5. The van der Waals surface area contributed by atoms with E-state index in [2.05, 4.69) is 25.5 Å². The number of nitrogens with zero attached hydrogens (tertiary/aromatic N) is 3. The number of carbonyl (C=O) groups excluding carboxylic acids is 1. The molecule has 0 spiro atoms. The number of benzene rings is 1. The van der Waals surface area contributed by atoms with Crippen LogP contribution in [0.25, 0.3) is 0 Å². The number of amides is 1. The Bertz CT molecular complexity index is 696. The van der Waals surface area contributed by atoms with Gasteiger partial charge >= 0.3 is 0 Å². The van der Waals surface area contributed by atoms with Crippen molar-refractivity contribution in [3.63, 3.8) is 0 Å². The summed E-state index contributed by atoms with van der Waals surface area (Å²) in [5, 5.41) is 6.79. The number of carbonyl (C=O) groups is 1. The van der Waals surface area contributed by atoms with E-state index in [1.54, 1.807) is 6.07 Å². The van der Waals surface area contributed by atoms with Crippen molar-refractivity contribution in [1.82, 2.24) is 14.9 Å². The van der Waals surface area contributed by atoms with E-state index in [-0.39, 0.29) is 5.91 Å². The summed E-state index contributed by atoms with van der Waals surface area (Å²) in [5.41, 5.74) is 0.833. The Kier molecular flexibility index (Phi) is 5.83. The van der Waals surface area contributed by atoms with Crippen LogP contribution in [0.5, 0.6) is 0 Å². The second-order valence-electron chi connectivity index (χ2n) is 6.23. The van der Waals surface area contributed by atoms with E-state index in [1.807, 2.05) is 37.3 Å². The lowest BCUT2D eigenvalue weighted by molar-refractivity contribution is -0.117. The van der Waals surface area contributed by atoms with Gasteiger partial charge in [0.05, 0.1) is 6.54 Å². The fourth-order valence-corrected chi connectivity index (χ4v) is 3.20. The van der Waals surface area contributed by atoms with Crippen LogP contribution in [0.2, 0.25) is 5.15 Å². The summed E-state index contributed by atoms with van der Waals surface area (Å²) < 4.78 is 0. The van der Waals surface area contributed by atoms with Crippen LogP contribution in [0.15, 0.2) is 36.4 Å². The van der Waals surface area contributed by atoms with Crippen LogP contribution in [0.3, 0.4) is 0 Å². The molecule has 1 saturated heterocycles. The monoisotopic (exact) mass is 359 g/mol. The zero-order valence-electron chi connectivity index (χ0n) is 14.2. The molecule has 1 aliphatic heterocycles. The van der Waals surface area contributed by atoms with Crippen LogP contribution in [-0.2, 0) is 4.79 Å².